The van der Waals surface area contributed by atoms with Gasteiger partial charge in [-0.15, -0.1) is 13.2 Å². The van der Waals surface area contributed by atoms with Crippen molar-refractivity contribution in [2.75, 3.05) is 0 Å². The van der Waals surface area contributed by atoms with E-state index in [0.717, 1.165) is 12.1 Å². The van der Waals surface area contributed by atoms with E-state index in [1.54, 1.807) is 0 Å². The number of hydrogen-bond donors (Lipinski definition) is 1. The first-order valence-corrected chi connectivity index (χ1v) is 4.87. The average Bonchev–Trinajstić information content (AvgIpc) is 2.24. The van der Waals surface area contributed by atoms with Crippen molar-refractivity contribution < 1.29 is 41.0 Å². The van der Waals surface area contributed by atoms with Gasteiger partial charge in [-0.2, -0.15) is 13.2 Å². The Labute approximate surface area is 108 Å². The highest BCUT2D eigenvalue weighted by Gasteiger charge is 2.39. The molecule has 9 heteroatoms. The summed E-state index contributed by atoms with van der Waals surface area (Å²) in [6, 6.07) is 1.70. The second-order valence-corrected chi connectivity index (χ2v) is 3.47. The number of carboxylic acid groups (broad SMARTS) is 1. The third kappa shape index (κ3) is 4.82. The molecule has 0 amide bonds. The number of carbonyl (C=O) groups is 1. The second-order valence-electron chi connectivity index (χ2n) is 3.47. The van der Waals surface area contributed by atoms with Crippen LogP contribution in [0.1, 0.15) is 11.1 Å². The van der Waals surface area contributed by atoms with Gasteiger partial charge >= 0.3 is 18.5 Å². The standard InChI is InChI=1S/C11H6F6O3/c12-10(13,14)7-5-6(2-4-9(18)19)1-3-8(7)20-11(15,16)17/h1-5H,(H,18,19)/b4-2+. The molecule has 0 saturated carbocycles. The number of alkyl halides is 6. The van der Waals surface area contributed by atoms with E-state index in [-0.39, 0.29) is 5.56 Å². The topological polar surface area (TPSA) is 46.5 Å². The van der Waals surface area contributed by atoms with Gasteiger partial charge in [-0.3, -0.25) is 0 Å². The Morgan fingerprint density at radius 3 is 2.20 bits per heavy atom. The summed E-state index contributed by atoms with van der Waals surface area (Å²) in [6.45, 7) is 0. The van der Waals surface area contributed by atoms with E-state index in [1.165, 1.54) is 0 Å². The van der Waals surface area contributed by atoms with E-state index in [0.29, 0.717) is 18.2 Å². The number of halogens is 6. The third-order valence-corrected chi connectivity index (χ3v) is 1.95. The van der Waals surface area contributed by atoms with Crippen molar-refractivity contribution in [1.29, 1.82) is 0 Å². The fourth-order valence-corrected chi connectivity index (χ4v) is 1.25. The highest BCUT2D eigenvalue weighted by Crippen LogP contribution is 2.39. The van der Waals surface area contributed by atoms with Gasteiger partial charge in [0, 0.05) is 6.08 Å². The summed E-state index contributed by atoms with van der Waals surface area (Å²) in [6.07, 6.45) is -8.97. The Morgan fingerprint density at radius 2 is 1.75 bits per heavy atom. The molecule has 0 atom stereocenters. The molecular weight excluding hydrogens is 294 g/mol. The van der Waals surface area contributed by atoms with Crippen LogP contribution in [0.4, 0.5) is 26.3 Å². The van der Waals surface area contributed by atoms with Crippen LogP contribution in [0.5, 0.6) is 5.75 Å². The molecule has 0 bridgehead atoms. The molecular formula is C11H6F6O3. The Hall–Kier alpha value is -2.19. The number of rotatable bonds is 3. The summed E-state index contributed by atoms with van der Waals surface area (Å²) in [5.74, 6) is -2.81. The Kier molecular flexibility index (Phi) is 4.31. The number of benzene rings is 1. The molecule has 1 aromatic rings. The number of hydrogen-bond acceptors (Lipinski definition) is 2. The third-order valence-electron chi connectivity index (χ3n) is 1.95. The highest BCUT2D eigenvalue weighted by atomic mass is 19.4. The lowest BCUT2D eigenvalue weighted by atomic mass is 10.1. The lowest BCUT2D eigenvalue weighted by Crippen LogP contribution is -2.20. The molecule has 3 nitrogen and oxygen atoms in total. The van der Waals surface area contributed by atoms with Gasteiger partial charge in [-0.25, -0.2) is 4.79 Å². The Bertz CT molecular complexity index is 530. The number of ether oxygens (including phenoxy) is 1. The molecule has 0 spiro atoms. The molecule has 0 heterocycles. The van der Waals surface area contributed by atoms with Crippen LogP contribution in [0, 0.1) is 0 Å². The van der Waals surface area contributed by atoms with E-state index in [9.17, 15) is 31.1 Å². The largest absolute Gasteiger partial charge is 0.573 e. The molecule has 20 heavy (non-hydrogen) atoms. The predicted molar refractivity (Wildman–Crippen MR) is 54.8 cm³/mol. The van der Waals surface area contributed by atoms with Crippen molar-refractivity contribution in [2.24, 2.45) is 0 Å². The van der Waals surface area contributed by atoms with Gasteiger partial charge < -0.3 is 9.84 Å². The van der Waals surface area contributed by atoms with E-state index in [4.69, 9.17) is 5.11 Å². The fourth-order valence-electron chi connectivity index (χ4n) is 1.25. The molecule has 0 saturated heterocycles. The zero-order chi connectivity index (χ0) is 15.6. The lowest BCUT2D eigenvalue weighted by Gasteiger charge is -2.15. The number of aliphatic carboxylic acids is 1. The fraction of sp³-hybridized carbons (Fsp3) is 0.182. The molecule has 0 unspecified atom stereocenters. The van der Waals surface area contributed by atoms with E-state index < -0.39 is 29.8 Å². The van der Waals surface area contributed by atoms with Gasteiger partial charge in [-0.05, 0) is 23.8 Å². The minimum absolute atomic E-state index is 0.228. The molecule has 0 aliphatic heterocycles. The van der Waals surface area contributed by atoms with E-state index >= 15 is 0 Å². The first-order chi connectivity index (χ1) is 8.99. The maximum Gasteiger partial charge on any atom is 0.573 e. The summed E-state index contributed by atoms with van der Waals surface area (Å²) in [5.41, 5.74) is -1.88. The second kappa shape index (κ2) is 5.43. The van der Waals surface area contributed by atoms with Gasteiger partial charge in [0.25, 0.3) is 0 Å². The van der Waals surface area contributed by atoms with Crippen LogP contribution < -0.4 is 4.74 Å². The Balaban J connectivity index is 3.24. The molecule has 1 N–H and O–H groups in total. The van der Waals surface area contributed by atoms with Crippen LogP contribution in [0.2, 0.25) is 0 Å². The zero-order valence-electron chi connectivity index (χ0n) is 9.42. The lowest BCUT2D eigenvalue weighted by molar-refractivity contribution is -0.276. The predicted octanol–water partition coefficient (Wildman–Crippen LogP) is 3.70. The zero-order valence-corrected chi connectivity index (χ0v) is 9.42. The van der Waals surface area contributed by atoms with Gasteiger partial charge in [0.05, 0.1) is 5.56 Å². The van der Waals surface area contributed by atoms with E-state index in [2.05, 4.69) is 4.74 Å². The van der Waals surface area contributed by atoms with Crippen LogP contribution >= 0.6 is 0 Å². The molecule has 0 aliphatic rings. The van der Waals surface area contributed by atoms with Gasteiger partial charge in [0.15, 0.2) is 0 Å². The highest BCUT2D eigenvalue weighted by molar-refractivity contribution is 5.85. The van der Waals surface area contributed by atoms with E-state index in [1.807, 2.05) is 0 Å². The van der Waals surface area contributed by atoms with Crippen LogP contribution in [-0.2, 0) is 11.0 Å². The molecule has 0 radical (unpaired) electrons. The van der Waals surface area contributed by atoms with Gasteiger partial charge in [-0.1, -0.05) is 6.07 Å². The van der Waals surface area contributed by atoms with Crippen molar-refractivity contribution >= 4 is 12.0 Å². The van der Waals surface area contributed by atoms with Crippen LogP contribution in [0.25, 0.3) is 6.08 Å². The van der Waals surface area contributed by atoms with Crippen LogP contribution in [-0.4, -0.2) is 17.4 Å². The van der Waals surface area contributed by atoms with Crippen LogP contribution in [0.15, 0.2) is 24.3 Å². The minimum atomic E-state index is -5.27. The summed E-state index contributed by atoms with van der Waals surface area (Å²) >= 11 is 0. The van der Waals surface area contributed by atoms with Crippen molar-refractivity contribution in [3.05, 3.63) is 35.4 Å². The minimum Gasteiger partial charge on any atom is -0.478 e. The average molecular weight is 300 g/mol. The molecule has 1 rings (SSSR count). The molecule has 0 aliphatic carbocycles. The van der Waals surface area contributed by atoms with Crippen molar-refractivity contribution in [3.63, 3.8) is 0 Å². The summed E-state index contributed by atoms with van der Waals surface area (Å²) in [4.78, 5) is 10.2. The maximum atomic E-state index is 12.6. The van der Waals surface area contributed by atoms with Crippen molar-refractivity contribution in [3.8, 4) is 5.75 Å². The molecule has 0 aromatic heterocycles. The number of carboxylic acids is 1. The first kappa shape index (κ1) is 15.9. The monoisotopic (exact) mass is 300 g/mol. The SMILES string of the molecule is O=C(O)/C=C/c1ccc(OC(F)(F)F)c(C(F)(F)F)c1. The Morgan fingerprint density at radius 1 is 1.15 bits per heavy atom. The normalized spacial score (nSPS) is 12.7. The smallest absolute Gasteiger partial charge is 0.478 e. The van der Waals surface area contributed by atoms with Gasteiger partial charge in [0.1, 0.15) is 5.75 Å². The summed E-state index contributed by atoms with van der Waals surface area (Å²) in [5, 5.41) is 8.33. The van der Waals surface area contributed by atoms with Crippen LogP contribution in [0.3, 0.4) is 0 Å². The molecule has 1 aromatic carbocycles. The van der Waals surface area contributed by atoms with Gasteiger partial charge in [0.2, 0.25) is 0 Å². The first-order valence-electron chi connectivity index (χ1n) is 4.87. The molecule has 110 valence electrons. The molecule has 0 fully saturated rings. The summed E-state index contributed by atoms with van der Waals surface area (Å²) in [7, 11) is 0. The van der Waals surface area contributed by atoms with Crippen molar-refractivity contribution in [2.45, 2.75) is 12.5 Å². The maximum absolute atomic E-state index is 12.6. The quantitative estimate of drug-likeness (QED) is 0.684. The van der Waals surface area contributed by atoms with Crippen molar-refractivity contribution in [1.82, 2.24) is 0 Å². The summed E-state index contributed by atoms with van der Waals surface area (Å²) < 4.78 is 77.1.